The molecule has 1 saturated heterocycles. The number of aromatic nitrogens is 2. The normalized spacial score (nSPS) is 22.3. The van der Waals surface area contributed by atoms with Gasteiger partial charge in [0.15, 0.2) is 5.82 Å². The van der Waals surface area contributed by atoms with Crippen molar-refractivity contribution in [3.05, 3.63) is 48.2 Å². The van der Waals surface area contributed by atoms with Crippen molar-refractivity contribution in [2.24, 2.45) is 7.05 Å². The van der Waals surface area contributed by atoms with Crippen molar-refractivity contribution in [2.75, 3.05) is 11.4 Å². The zero-order valence-corrected chi connectivity index (χ0v) is 11.9. The third kappa shape index (κ3) is 2.18. The Bertz CT molecular complexity index is 695. The van der Waals surface area contributed by atoms with Crippen LogP contribution in [0.25, 0.3) is 0 Å². The Morgan fingerprint density at radius 2 is 1.90 bits per heavy atom. The molecule has 2 heterocycles. The van der Waals surface area contributed by atoms with E-state index < -0.39 is 5.54 Å². The van der Waals surface area contributed by atoms with Gasteiger partial charge in [0.25, 0.3) is 5.91 Å². The molecule has 0 saturated carbocycles. The van der Waals surface area contributed by atoms with E-state index in [0.29, 0.717) is 5.82 Å². The molecular weight excluding hydrogens is 268 g/mol. The van der Waals surface area contributed by atoms with Crippen LogP contribution in [0.1, 0.15) is 12.5 Å². The zero-order chi connectivity index (χ0) is 15.0. The number of anilines is 1. The first-order valence-electron chi connectivity index (χ1n) is 6.69. The van der Waals surface area contributed by atoms with Crippen LogP contribution in [0, 0.1) is 0 Å². The molecule has 0 radical (unpaired) electrons. The fourth-order valence-electron chi connectivity index (χ4n) is 2.56. The van der Waals surface area contributed by atoms with Crippen molar-refractivity contribution < 1.29 is 9.59 Å². The molecule has 1 fully saturated rings. The molecule has 108 valence electrons. The van der Waals surface area contributed by atoms with Gasteiger partial charge in [-0.2, -0.15) is 5.10 Å². The second-order valence-corrected chi connectivity index (χ2v) is 5.28. The van der Waals surface area contributed by atoms with Gasteiger partial charge in [0.2, 0.25) is 5.91 Å². The molecule has 6 heteroatoms. The molecule has 1 aromatic carbocycles. The van der Waals surface area contributed by atoms with E-state index in [1.165, 1.54) is 4.90 Å². The highest BCUT2D eigenvalue weighted by Gasteiger charge is 2.45. The molecule has 21 heavy (non-hydrogen) atoms. The van der Waals surface area contributed by atoms with Crippen LogP contribution in [-0.2, 0) is 22.2 Å². The lowest BCUT2D eigenvalue weighted by Gasteiger charge is -2.39. The van der Waals surface area contributed by atoms with Gasteiger partial charge in [-0.3, -0.25) is 19.2 Å². The second kappa shape index (κ2) is 4.73. The summed E-state index contributed by atoms with van der Waals surface area (Å²) in [5.41, 5.74) is -0.322. The van der Waals surface area contributed by atoms with E-state index in [1.54, 1.807) is 30.9 Å². The van der Waals surface area contributed by atoms with Gasteiger partial charge in [-0.05, 0) is 12.5 Å². The van der Waals surface area contributed by atoms with E-state index in [4.69, 9.17) is 0 Å². The number of piperazine rings is 1. The Labute approximate surface area is 122 Å². The number of hydrogen-bond donors (Lipinski definition) is 1. The Morgan fingerprint density at radius 1 is 1.19 bits per heavy atom. The summed E-state index contributed by atoms with van der Waals surface area (Å²) in [6, 6.07) is 11.0. The molecule has 2 amide bonds. The summed E-state index contributed by atoms with van der Waals surface area (Å²) in [6.07, 6.45) is 1.75. The SMILES string of the molecule is Cn1ccc(N2CC(=O)NC(C)(c3ccccc3)C2=O)n1. The van der Waals surface area contributed by atoms with E-state index in [2.05, 4.69) is 10.4 Å². The van der Waals surface area contributed by atoms with Crippen LogP contribution in [0.3, 0.4) is 0 Å². The Hall–Kier alpha value is -2.63. The van der Waals surface area contributed by atoms with E-state index in [0.717, 1.165) is 5.56 Å². The molecule has 1 aromatic heterocycles. The quantitative estimate of drug-likeness (QED) is 0.887. The van der Waals surface area contributed by atoms with Crippen molar-refractivity contribution >= 4 is 17.6 Å². The predicted octanol–water partition coefficient (Wildman–Crippen LogP) is 0.798. The van der Waals surface area contributed by atoms with Gasteiger partial charge in [0.05, 0.1) is 0 Å². The summed E-state index contributed by atoms with van der Waals surface area (Å²) in [4.78, 5) is 26.3. The number of benzene rings is 1. The lowest BCUT2D eigenvalue weighted by atomic mass is 9.88. The maximum Gasteiger partial charge on any atom is 0.258 e. The topological polar surface area (TPSA) is 67.2 Å². The van der Waals surface area contributed by atoms with Crippen molar-refractivity contribution in [3.8, 4) is 0 Å². The molecule has 1 aliphatic rings. The van der Waals surface area contributed by atoms with Crippen LogP contribution in [-0.4, -0.2) is 28.1 Å². The first kappa shape index (κ1) is 13.4. The van der Waals surface area contributed by atoms with Crippen molar-refractivity contribution in [1.82, 2.24) is 15.1 Å². The minimum atomic E-state index is -1.08. The lowest BCUT2D eigenvalue weighted by molar-refractivity contribution is -0.135. The van der Waals surface area contributed by atoms with Crippen LogP contribution in [0.4, 0.5) is 5.82 Å². The fraction of sp³-hybridized carbons (Fsp3) is 0.267. The largest absolute Gasteiger partial charge is 0.337 e. The second-order valence-electron chi connectivity index (χ2n) is 5.28. The highest BCUT2D eigenvalue weighted by atomic mass is 16.2. The molecule has 1 unspecified atom stereocenters. The predicted molar refractivity (Wildman–Crippen MR) is 77.5 cm³/mol. The minimum Gasteiger partial charge on any atom is -0.337 e. The molecule has 0 bridgehead atoms. The average Bonchev–Trinajstić information content (AvgIpc) is 2.90. The molecular formula is C15H16N4O2. The third-order valence-electron chi connectivity index (χ3n) is 3.69. The summed E-state index contributed by atoms with van der Waals surface area (Å²) in [7, 11) is 1.77. The highest BCUT2D eigenvalue weighted by molar-refractivity contribution is 6.08. The maximum atomic E-state index is 12.9. The van der Waals surface area contributed by atoms with Crippen molar-refractivity contribution in [3.63, 3.8) is 0 Å². The summed E-state index contributed by atoms with van der Waals surface area (Å²) in [6.45, 7) is 1.70. The Morgan fingerprint density at radius 3 is 2.52 bits per heavy atom. The molecule has 2 aromatic rings. The van der Waals surface area contributed by atoms with E-state index in [9.17, 15) is 9.59 Å². The minimum absolute atomic E-state index is 0.0156. The molecule has 6 nitrogen and oxygen atoms in total. The van der Waals surface area contributed by atoms with Gasteiger partial charge in [0, 0.05) is 19.3 Å². The summed E-state index contributed by atoms with van der Waals surface area (Å²) >= 11 is 0. The van der Waals surface area contributed by atoms with Crippen LogP contribution in [0.15, 0.2) is 42.6 Å². The average molecular weight is 284 g/mol. The Balaban J connectivity index is 2.03. The van der Waals surface area contributed by atoms with Gasteiger partial charge >= 0.3 is 0 Å². The van der Waals surface area contributed by atoms with Gasteiger partial charge in [0.1, 0.15) is 12.1 Å². The first-order valence-corrected chi connectivity index (χ1v) is 6.69. The number of nitrogens with one attached hydrogen (secondary N) is 1. The highest BCUT2D eigenvalue weighted by Crippen LogP contribution is 2.28. The van der Waals surface area contributed by atoms with Crippen molar-refractivity contribution in [2.45, 2.75) is 12.5 Å². The number of nitrogens with zero attached hydrogens (tertiary/aromatic N) is 3. The lowest BCUT2D eigenvalue weighted by Crippen LogP contribution is -2.63. The van der Waals surface area contributed by atoms with Crippen molar-refractivity contribution in [1.29, 1.82) is 0 Å². The monoisotopic (exact) mass is 284 g/mol. The van der Waals surface area contributed by atoms with Crippen LogP contribution >= 0.6 is 0 Å². The number of carbonyl (C=O) groups is 2. The molecule has 1 atom stereocenters. The number of rotatable bonds is 2. The zero-order valence-electron chi connectivity index (χ0n) is 11.9. The third-order valence-corrected chi connectivity index (χ3v) is 3.69. The van der Waals surface area contributed by atoms with E-state index in [-0.39, 0.29) is 18.4 Å². The number of amides is 2. The molecule has 1 N–H and O–H groups in total. The smallest absolute Gasteiger partial charge is 0.258 e. The molecule has 0 spiro atoms. The summed E-state index contributed by atoms with van der Waals surface area (Å²) in [5.74, 6) is 0.0955. The van der Waals surface area contributed by atoms with Crippen LogP contribution in [0.2, 0.25) is 0 Å². The molecule has 1 aliphatic heterocycles. The van der Waals surface area contributed by atoms with Gasteiger partial charge in [-0.25, -0.2) is 0 Å². The maximum absolute atomic E-state index is 12.9. The number of carbonyl (C=O) groups excluding carboxylic acids is 2. The van der Waals surface area contributed by atoms with Crippen LogP contribution in [0.5, 0.6) is 0 Å². The van der Waals surface area contributed by atoms with Gasteiger partial charge in [-0.1, -0.05) is 30.3 Å². The van der Waals surface area contributed by atoms with Gasteiger partial charge in [-0.15, -0.1) is 0 Å². The van der Waals surface area contributed by atoms with Gasteiger partial charge < -0.3 is 5.32 Å². The van der Waals surface area contributed by atoms with E-state index in [1.807, 2.05) is 30.3 Å². The molecule has 3 rings (SSSR count). The van der Waals surface area contributed by atoms with E-state index >= 15 is 0 Å². The van der Waals surface area contributed by atoms with Crippen LogP contribution < -0.4 is 10.2 Å². The summed E-state index contributed by atoms with van der Waals surface area (Å²) < 4.78 is 1.61. The fourth-order valence-corrected chi connectivity index (χ4v) is 2.56. The standard InChI is InChI=1S/C15H16N4O2/c1-15(11-6-4-3-5-7-11)14(21)19(10-13(20)16-15)12-8-9-18(2)17-12/h3-9H,10H2,1-2H3,(H,16,20). The number of hydrogen-bond acceptors (Lipinski definition) is 3. The first-order chi connectivity index (χ1) is 10.0. The Kier molecular flexibility index (Phi) is 3.01. The summed E-state index contributed by atoms with van der Waals surface area (Å²) in [5, 5.41) is 7.02. The number of aryl methyl sites for hydroxylation is 1. The molecule has 0 aliphatic carbocycles.